The van der Waals surface area contributed by atoms with Gasteiger partial charge in [-0.2, -0.15) is 0 Å². The molecule has 0 rings (SSSR count). The molecule has 1 atom stereocenters. The molecule has 0 aliphatic rings. The zero-order valence-electron chi connectivity index (χ0n) is 44.9. The molecular weight excluding hydrogens is 877 g/mol. The lowest BCUT2D eigenvalue weighted by Crippen LogP contribution is -2.30. The lowest BCUT2D eigenvalue weighted by Gasteiger charge is -2.18. The van der Waals surface area contributed by atoms with Gasteiger partial charge in [-0.15, -0.1) is 0 Å². The second-order valence-corrected chi connectivity index (χ2v) is 17.3. The first-order valence-electron chi connectivity index (χ1n) is 27.6. The molecule has 0 fully saturated rings. The van der Waals surface area contributed by atoms with E-state index >= 15 is 0 Å². The molecular formula is C65H98O6. The minimum Gasteiger partial charge on any atom is -0.462 e. The molecule has 0 heterocycles. The van der Waals surface area contributed by atoms with Gasteiger partial charge in [-0.05, 0) is 135 Å². The van der Waals surface area contributed by atoms with Gasteiger partial charge in [-0.25, -0.2) is 0 Å². The Morgan fingerprint density at radius 3 is 0.887 bits per heavy atom. The first-order chi connectivity index (χ1) is 35.0. The fraction of sp³-hybridized carbons (Fsp3) is 0.523. The van der Waals surface area contributed by atoms with E-state index in [1.165, 1.54) is 0 Å². The molecule has 0 radical (unpaired) electrons. The molecule has 0 aromatic rings. The normalized spacial score (nSPS) is 13.5. The topological polar surface area (TPSA) is 78.9 Å². The van der Waals surface area contributed by atoms with Gasteiger partial charge < -0.3 is 14.2 Å². The molecule has 0 unspecified atom stereocenters. The maximum atomic E-state index is 12.8. The summed E-state index contributed by atoms with van der Waals surface area (Å²) in [6.45, 7) is 6.16. The summed E-state index contributed by atoms with van der Waals surface area (Å²) in [5.74, 6) is -1.08. The lowest BCUT2D eigenvalue weighted by molar-refractivity contribution is -0.166. The second kappa shape index (κ2) is 57.3. The van der Waals surface area contributed by atoms with Crippen molar-refractivity contribution in [3.63, 3.8) is 0 Å². The van der Waals surface area contributed by atoms with Gasteiger partial charge in [-0.3, -0.25) is 14.4 Å². The summed E-state index contributed by atoms with van der Waals surface area (Å²) in [7, 11) is 0. The predicted octanol–water partition coefficient (Wildman–Crippen LogP) is 18.8. The fourth-order valence-electron chi connectivity index (χ4n) is 6.68. The van der Waals surface area contributed by atoms with E-state index in [9.17, 15) is 14.4 Å². The van der Waals surface area contributed by atoms with Gasteiger partial charge >= 0.3 is 17.9 Å². The number of carbonyl (C=O) groups excluding carboxylic acids is 3. The van der Waals surface area contributed by atoms with Crippen molar-refractivity contribution in [2.45, 2.75) is 207 Å². The number of carbonyl (C=O) groups is 3. The summed E-state index contributed by atoms with van der Waals surface area (Å²) in [6, 6.07) is 0. The van der Waals surface area contributed by atoms with E-state index in [0.717, 1.165) is 148 Å². The van der Waals surface area contributed by atoms with E-state index in [1.807, 2.05) is 12.2 Å². The standard InChI is InChI=1S/C65H98O6/c1-4-7-10-13-16-19-22-25-28-30-32-34-37-40-43-46-49-52-55-58-64(67)70-61-62(60-69-63(66)57-54-51-48-45-42-39-36-27-24-21-18-15-12-9-6-3)71-65(68)59-56-53-50-47-44-41-38-35-33-31-29-26-23-20-17-14-11-8-5-2/h7-12,16-21,25-29,32-36,40-41,43-44,49,52,62H,4-6,13-15,22-24,30-31,37-39,42,45-48,50-51,53-61H2,1-3H3/b10-7-,11-8-,12-9-,19-16-,20-17-,21-18-,28-25-,29-26-,34-32-,35-33-,36-27-,43-40-,44-41-,52-49-/t62-/m0/s1. The maximum Gasteiger partial charge on any atom is 0.306 e. The number of hydrogen-bond acceptors (Lipinski definition) is 6. The van der Waals surface area contributed by atoms with Crippen molar-refractivity contribution in [3.8, 4) is 0 Å². The number of ether oxygens (including phenoxy) is 3. The number of esters is 3. The Balaban J connectivity index is 4.64. The van der Waals surface area contributed by atoms with Crippen LogP contribution in [-0.4, -0.2) is 37.2 Å². The molecule has 0 bridgehead atoms. The minimum absolute atomic E-state index is 0.133. The van der Waals surface area contributed by atoms with Crippen molar-refractivity contribution in [2.75, 3.05) is 13.2 Å². The second-order valence-electron chi connectivity index (χ2n) is 17.3. The quantitative estimate of drug-likeness (QED) is 0.0262. The first kappa shape index (κ1) is 65.8. The van der Waals surface area contributed by atoms with Gasteiger partial charge in [0.05, 0.1) is 0 Å². The summed E-state index contributed by atoms with van der Waals surface area (Å²) in [5, 5.41) is 0. The van der Waals surface area contributed by atoms with Crippen molar-refractivity contribution in [1.82, 2.24) is 0 Å². The average molecular weight is 975 g/mol. The lowest BCUT2D eigenvalue weighted by atomic mass is 10.1. The van der Waals surface area contributed by atoms with Gasteiger partial charge in [-0.1, -0.05) is 217 Å². The first-order valence-corrected chi connectivity index (χ1v) is 27.6. The Morgan fingerprint density at radius 1 is 0.282 bits per heavy atom. The minimum atomic E-state index is -0.844. The maximum absolute atomic E-state index is 12.8. The molecule has 6 heteroatoms. The number of unbranched alkanes of at least 4 members (excludes halogenated alkanes) is 8. The van der Waals surface area contributed by atoms with Crippen LogP contribution in [0.25, 0.3) is 0 Å². The van der Waals surface area contributed by atoms with E-state index in [4.69, 9.17) is 14.2 Å². The zero-order chi connectivity index (χ0) is 51.4. The van der Waals surface area contributed by atoms with E-state index < -0.39 is 6.10 Å². The third-order valence-corrected chi connectivity index (χ3v) is 10.7. The Hall–Kier alpha value is -5.23. The van der Waals surface area contributed by atoms with E-state index in [0.29, 0.717) is 19.3 Å². The average Bonchev–Trinajstić information content (AvgIpc) is 3.37. The van der Waals surface area contributed by atoms with E-state index in [1.54, 1.807) is 0 Å². The van der Waals surface area contributed by atoms with Crippen LogP contribution >= 0.6 is 0 Å². The van der Waals surface area contributed by atoms with Crippen LogP contribution in [0.2, 0.25) is 0 Å². The van der Waals surface area contributed by atoms with Crippen LogP contribution in [-0.2, 0) is 28.6 Å². The van der Waals surface area contributed by atoms with Crippen LogP contribution in [0.3, 0.4) is 0 Å². The summed E-state index contributed by atoms with van der Waals surface area (Å²) >= 11 is 0. The third-order valence-electron chi connectivity index (χ3n) is 10.7. The van der Waals surface area contributed by atoms with Gasteiger partial charge in [0.1, 0.15) is 13.2 Å². The number of allylic oxidation sites excluding steroid dienone is 28. The highest BCUT2D eigenvalue weighted by atomic mass is 16.6. The molecule has 0 aromatic carbocycles. The molecule has 0 N–H and O–H groups in total. The molecule has 0 amide bonds. The van der Waals surface area contributed by atoms with Gasteiger partial charge in [0, 0.05) is 19.3 Å². The molecule has 0 aliphatic heterocycles. The Bertz CT molecular complexity index is 1690. The van der Waals surface area contributed by atoms with E-state index in [2.05, 4.69) is 179 Å². The van der Waals surface area contributed by atoms with Gasteiger partial charge in [0.15, 0.2) is 6.10 Å². The summed E-state index contributed by atoms with van der Waals surface area (Å²) in [6.07, 6.45) is 84.9. The highest BCUT2D eigenvalue weighted by molar-refractivity contribution is 5.71. The number of hydrogen-bond donors (Lipinski definition) is 0. The van der Waals surface area contributed by atoms with Crippen molar-refractivity contribution in [3.05, 3.63) is 170 Å². The van der Waals surface area contributed by atoms with Crippen LogP contribution in [0.5, 0.6) is 0 Å². The molecule has 71 heavy (non-hydrogen) atoms. The van der Waals surface area contributed by atoms with Crippen molar-refractivity contribution < 1.29 is 28.6 Å². The molecule has 0 saturated heterocycles. The highest BCUT2D eigenvalue weighted by Gasteiger charge is 2.19. The monoisotopic (exact) mass is 975 g/mol. The molecule has 0 aliphatic carbocycles. The zero-order valence-corrected chi connectivity index (χ0v) is 44.9. The van der Waals surface area contributed by atoms with Gasteiger partial charge in [0.25, 0.3) is 0 Å². The smallest absolute Gasteiger partial charge is 0.306 e. The Kier molecular flexibility index (Phi) is 53.1. The number of rotatable bonds is 47. The highest BCUT2D eigenvalue weighted by Crippen LogP contribution is 2.11. The van der Waals surface area contributed by atoms with Crippen LogP contribution < -0.4 is 0 Å². The molecule has 6 nitrogen and oxygen atoms in total. The molecule has 0 aromatic heterocycles. The summed E-state index contributed by atoms with van der Waals surface area (Å²) in [5.41, 5.74) is 0. The van der Waals surface area contributed by atoms with Crippen molar-refractivity contribution in [2.24, 2.45) is 0 Å². The Labute approximate surface area is 434 Å². The van der Waals surface area contributed by atoms with Crippen LogP contribution in [0, 0.1) is 0 Å². The molecule has 394 valence electrons. The predicted molar refractivity (Wildman–Crippen MR) is 306 cm³/mol. The van der Waals surface area contributed by atoms with Crippen molar-refractivity contribution in [1.29, 1.82) is 0 Å². The van der Waals surface area contributed by atoms with Crippen LogP contribution in [0.1, 0.15) is 201 Å². The van der Waals surface area contributed by atoms with Crippen LogP contribution in [0.15, 0.2) is 170 Å². The molecule has 0 saturated carbocycles. The Morgan fingerprint density at radius 2 is 0.535 bits per heavy atom. The van der Waals surface area contributed by atoms with Crippen molar-refractivity contribution >= 4 is 17.9 Å². The molecule has 0 spiro atoms. The summed E-state index contributed by atoms with van der Waals surface area (Å²) < 4.78 is 16.7. The van der Waals surface area contributed by atoms with E-state index in [-0.39, 0.29) is 44.0 Å². The third kappa shape index (κ3) is 55.6. The fourth-order valence-corrected chi connectivity index (χ4v) is 6.68. The summed E-state index contributed by atoms with van der Waals surface area (Å²) in [4.78, 5) is 38.1. The largest absolute Gasteiger partial charge is 0.462 e. The SMILES string of the molecule is CC/C=C\C/C=C\C/C=C\C/C=C\C/C=C\C/C=C\CCC(=O)OC[C@H](COC(=O)CCCCCCC/C=C\C/C=C\C/C=C\CC)OC(=O)CCCCC/C=C\C/C=C\C/C=C\C/C=C\C/C=C\CC. The van der Waals surface area contributed by atoms with Crippen LogP contribution in [0.4, 0.5) is 0 Å². The van der Waals surface area contributed by atoms with Gasteiger partial charge in [0.2, 0.25) is 0 Å².